The van der Waals surface area contributed by atoms with E-state index in [2.05, 4.69) is 22.1 Å². The minimum absolute atomic E-state index is 0.0813. The van der Waals surface area contributed by atoms with E-state index in [0.29, 0.717) is 35.4 Å². The standard InChI is InChI=1S/C20H22ClN5O2/c1-4-28-12(2)18-19(22-10-13-5-6-13)17(21)20(27)26(24-18)15-7-8-16-14(9-15)11-25(3)23-16/h7-9,11,13,22H,2,4-6,10H2,1,3H3. The highest BCUT2D eigenvalue weighted by Crippen LogP contribution is 2.32. The number of fused-ring (bicyclic) bond motifs is 1. The van der Waals surface area contributed by atoms with E-state index in [-0.39, 0.29) is 5.02 Å². The van der Waals surface area contributed by atoms with Crippen molar-refractivity contribution in [3.63, 3.8) is 0 Å². The summed E-state index contributed by atoms with van der Waals surface area (Å²) in [6.07, 6.45) is 4.25. The Bertz CT molecular complexity index is 1110. The average molecular weight is 400 g/mol. The second kappa shape index (κ2) is 7.31. The molecule has 1 aromatic carbocycles. The molecule has 0 spiro atoms. The first-order valence-electron chi connectivity index (χ1n) is 9.30. The number of ether oxygens (including phenoxy) is 1. The van der Waals surface area contributed by atoms with Crippen LogP contribution < -0.4 is 10.9 Å². The van der Waals surface area contributed by atoms with Crippen LogP contribution in [0.3, 0.4) is 0 Å². The predicted molar refractivity (Wildman–Crippen MR) is 111 cm³/mol. The Labute approximate surface area is 167 Å². The lowest BCUT2D eigenvalue weighted by molar-refractivity contribution is 0.297. The quantitative estimate of drug-likeness (QED) is 0.614. The normalized spacial score (nSPS) is 13.7. The molecule has 1 aliphatic rings. The van der Waals surface area contributed by atoms with E-state index >= 15 is 0 Å². The van der Waals surface area contributed by atoms with Crippen LogP contribution in [0.4, 0.5) is 5.69 Å². The number of halogens is 1. The summed E-state index contributed by atoms with van der Waals surface area (Å²) in [7, 11) is 1.85. The summed E-state index contributed by atoms with van der Waals surface area (Å²) in [5.41, 5.74) is 1.98. The van der Waals surface area contributed by atoms with Crippen LogP contribution in [0.1, 0.15) is 25.5 Å². The highest BCUT2D eigenvalue weighted by atomic mass is 35.5. The predicted octanol–water partition coefficient (Wildman–Crippen LogP) is 3.60. The van der Waals surface area contributed by atoms with Gasteiger partial charge in [0.05, 0.1) is 23.5 Å². The second-order valence-corrected chi connectivity index (χ2v) is 7.36. The summed E-state index contributed by atoms with van der Waals surface area (Å²) in [6, 6.07) is 5.51. The molecule has 0 atom stereocenters. The molecule has 0 amide bonds. The minimum Gasteiger partial charge on any atom is -0.492 e. The molecule has 4 rings (SSSR count). The third-order valence-corrected chi connectivity index (χ3v) is 5.08. The van der Waals surface area contributed by atoms with E-state index in [1.807, 2.05) is 32.3 Å². The molecule has 28 heavy (non-hydrogen) atoms. The van der Waals surface area contributed by atoms with Gasteiger partial charge in [-0.1, -0.05) is 18.2 Å². The number of hydrogen-bond acceptors (Lipinski definition) is 5. The first-order valence-corrected chi connectivity index (χ1v) is 9.68. The van der Waals surface area contributed by atoms with Crippen LogP contribution in [-0.2, 0) is 11.8 Å². The molecule has 1 N–H and O–H groups in total. The van der Waals surface area contributed by atoms with Gasteiger partial charge in [-0.2, -0.15) is 14.9 Å². The van der Waals surface area contributed by atoms with E-state index in [9.17, 15) is 4.79 Å². The average Bonchev–Trinajstić information content (AvgIpc) is 3.41. The summed E-state index contributed by atoms with van der Waals surface area (Å²) in [5, 5.41) is 13.2. The Kier molecular flexibility index (Phi) is 4.85. The summed E-state index contributed by atoms with van der Waals surface area (Å²) in [6.45, 7) is 7.03. The lowest BCUT2D eigenvalue weighted by atomic mass is 10.2. The van der Waals surface area contributed by atoms with E-state index in [1.54, 1.807) is 10.7 Å². The molecular formula is C20H22ClN5O2. The summed E-state index contributed by atoms with van der Waals surface area (Å²) < 4.78 is 8.58. The van der Waals surface area contributed by atoms with Gasteiger partial charge in [0, 0.05) is 25.2 Å². The fourth-order valence-electron chi connectivity index (χ4n) is 3.11. The smallest absolute Gasteiger partial charge is 0.292 e. The van der Waals surface area contributed by atoms with Crippen LogP contribution in [0.25, 0.3) is 22.3 Å². The number of hydrogen-bond donors (Lipinski definition) is 1. The topological polar surface area (TPSA) is 74.0 Å². The van der Waals surface area contributed by atoms with Crippen LogP contribution >= 0.6 is 11.6 Å². The van der Waals surface area contributed by atoms with Crippen molar-refractivity contribution in [3.8, 4) is 5.69 Å². The van der Waals surface area contributed by atoms with Crippen molar-refractivity contribution in [1.82, 2.24) is 19.6 Å². The van der Waals surface area contributed by atoms with Gasteiger partial charge >= 0.3 is 0 Å². The maximum Gasteiger partial charge on any atom is 0.292 e. The monoisotopic (exact) mass is 399 g/mol. The molecule has 1 fully saturated rings. The summed E-state index contributed by atoms with van der Waals surface area (Å²) in [5.74, 6) is 0.985. The highest BCUT2D eigenvalue weighted by Gasteiger charge is 2.24. The fraction of sp³-hybridized carbons (Fsp3) is 0.350. The van der Waals surface area contributed by atoms with Gasteiger partial charge in [-0.05, 0) is 43.9 Å². The Morgan fingerprint density at radius 2 is 2.18 bits per heavy atom. The molecule has 8 heteroatoms. The number of nitrogens with zero attached hydrogens (tertiary/aromatic N) is 4. The van der Waals surface area contributed by atoms with Gasteiger partial charge < -0.3 is 10.1 Å². The zero-order chi connectivity index (χ0) is 19.8. The summed E-state index contributed by atoms with van der Waals surface area (Å²) >= 11 is 6.47. The zero-order valence-electron chi connectivity index (χ0n) is 15.9. The molecule has 1 saturated carbocycles. The molecule has 0 radical (unpaired) electrons. The van der Waals surface area contributed by atoms with Crippen LogP contribution in [0.15, 0.2) is 35.8 Å². The SMILES string of the molecule is C=C(OCC)c1nn(-c2ccc3nn(C)cc3c2)c(=O)c(Cl)c1NCC1CC1. The fourth-order valence-corrected chi connectivity index (χ4v) is 3.35. The zero-order valence-corrected chi connectivity index (χ0v) is 16.7. The molecular weight excluding hydrogens is 378 g/mol. The number of aromatic nitrogens is 4. The maximum absolute atomic E-state index is 13.0. The van der Waals surface area contributed by atoms with Gasteiger partial charge in [0.25, 0.3) is 5.56 Å². The first kappa shape index (κ1) is 18.6. The van der Waals surface area contributed by atoms with Crippen molar-refractivity contribution in [2.45, 2.75) is 19.8 Å². The molecule has 1 aliphatic carbocycles. The molecule has 7 nitrogen and oxygen atoms in total. The van der Waals surface area contributed by atoms with Gasteiger partial charge in [0.1, 0.15) is 10.8 Å². The Morgan fingerprint density at radius 3 is 2.89 bits per heavy atom. The van der Waals surface area contributed by atoms with E-state index in [4.69, 9.17) is 16.3 Å². The molecule has 3 aromatic rings. The first-order chi connectivity index (χ1) is 13.5. The van der Waals surface area contributed by atoms with Crippen molar-refractivity contribution in [2.24, 2.45) is 13.0 Å². The Balaban J connectivity index is 1.83. The van der Waals surface area contributed by atoms with Gasteiger partial charge in [-0.25, -0.2) is 0 Å². The van der Waals surface area contributed by atoms with Crippen molar-refractivity contribution in [1.29, 1.82) is 0 Å². The minimum atomic E-state index is -0.392. The molecule has 0 unspecified atom stereocenters. The lowest BCUT2D eigenvalue weighted by Gasteiger charge is -2.17. The molecule has 146 valence electrons. The van der Waals surface area contributed by atoms with E-state index in [1.165, 1.54) is 17.5 Å². The highest BCUT2D eigenvalue weighted by molar-refractivity contribution is 6.33. The number of anilines is 1. The van der Waals surface area contributed by atoms with Gasteiger partial charge in [-0.15, -0.1) is 0 Å². The maximum atomic E-state index is 13.0. The third-order valence-electron chi connectivity index (χ3n) is 4.73. The van der Waals surface area contributed by atoms with Crippen molar-refractivity contribution in [2.75, 3.05) is 18.5 Å². The van der Waals surface area contributed by atoms with Crippen LogP contribution in [0, 0.1) is 5.92 Å². The molecule has 0 saturated heterocycles. The number of rotatable bonds is 7. The van der Waals surface area contributed by atoms with Crippen LogP contribution in [-0.4, -0.2) is 32.7 Å². The third kappa shape index (κ3) is 3.49. The Hall–Kier alpha value is -2.80. The van der Waals surface area contributed by atoms with Crippen molar-refractivity contribution >= 4 is 34.0 Å². The largest absolute Gasteiger partial charge is 0.492 e. The van der Waals surface area contributed by atoms with Crippen LogP contribution in [0.2, 0.25) is 5.02 Å². The van der Waals surface area contributed by atoms with Gasteiger partial charge in [0.2, 0.25) is 0 Å². The number of benzene rings is 1. The number of aryl methyl sites for hydroxylation is 1. The molecule has 2 heterocycles. The second-order valence-electron chi connectivity index (χ2n) is 6.98. The van der Waals surface area contributed by atoms with Gasteiger partial charge in [0.15, 0.2) is 5.69 Å². The molecule has 2 aromatic heterocycles. The molecule has 0 aliphatic heterocycles. The lowest BCUT2D eigenvalue weighted by Crippen LogP contribution is -2.25. The van der Waals surface area contributed by atoms with Crippen LogP contribution in [0.5, 0.6) is 0 Å². The Morgan fingerprint density at radius 1 is 1.39 bits per heavy atom. The van der Waals surface area contributed by atoms with Crippen molar-refractivity contribution < 1.29 is 4.74 Å². The van der Waals surface area contributed by atoms with E-state index in [0.717, 1.165) is 17.4 Å². The molecule has 0 bridgehead atoms. The van der Waals surface area contributed by atoms with Gasteiger partial charge in [-0.3, -0.25) is 9.48 Å². The van der Waals surface area contributed by atoms with E-state index < -0.39 is 5.56 Å². The van der Waals surface area contributed by atoms with Crippen molar-refractivity contribution in [3.05, 3.63) is 52.0 Å². The number of nitrogens with one attached hydrogen (secondary N) is 1. The summed E-state index contributed by atoms with van der Waals surface area (Å²) in [4.78, 5) is 13.0.